The van der Waals surface area contributed by atoms with E-state index in [1.807, 2.05) is 18.0 Å². The van der Waals surface area contributed by atoms with E-state index in [2.05, 4.69) is 43.6 Å². The molecule has 2 N–H and O–H groups in total. The van der Waals surface area contributed by atoms with E-state index in [0.29, 0.717) is 16.7 Å². The van der Waals surface area contributed by atoms with Crippen LogP contribution in [0.15, 0.2) is 16.6 Å². The molecule has 0 aliphatic rings. The Bertz CT molecular complexity index is 427. The highest BCUT2D eigenvalue weighted by atomic mass is 79.9. The van der Waals surface area contributed by atoms with Gasteiger partial charge in [-0.3, -0.25) is 0 Å². The van der Waals surface area contributed by atoms with E-state index < -0.39 is 0 Å². The number of anilines is 1. The van der Waals surface area contributed by atoms with Gasteiger partial charge in [0, 0.05) is 19.6 Å². The van der Waals surface area contributed by atoms with E-state index >= 15 is 0 Å². The summed E-state index contributed by atoms with van der Waals surface area (Å²) in [5.74, 6) is -0.239. The van der Waals surface area contributed by atoms with Crippen LogP contribution in [0.3, 0.4) is 0 Å². The van der Waals surface area contributed by atoms with Gasteiger partial charge in [-0.15, -0.1) is 0 Å². The number of hydrogen-bond acceptors (Lipinski definition) is 2. The van der Waals surface area contributed by atoms with Gasteiger partial charge in [-0.25, -0.2) is 4.39 Å². The van der Waals surface area contributed by atoms with Gasteiger partial charge in [0.1, 0.15) is 0 Å². The van der Waals surface area contributed by atoms with Crippen molar-refractivity contribution in [2.45, 2.75) is 40.3 Å². The van der Waals surface area contributed by atoms with Gasteiger partial charge in [0.25, 0.3) is 0 Å². The van der Waals surface area contributed by atoms with E-state index in [-0.39, 0.29) is 17.3 Å². The Labute approximate surface area is 117 Å². The van der Waals surface area contributed by atoms with Crippen molar-refractivity contribution in [1.29, 1.82) is 0 Å². The molecule has 0 heterocycles. The molecule has 1 rings (SSSR count). The molecule has 0 amide bonds. The van der Waals surface area contributed by atoms with Gasteiger partial charge in [0.05, 0.1) is 10.2 Å². The molecule has 0 saturated carbocycles. The first-order valence-electron chi connectivity index (χ1n) is 6.10. The van der Waals surface area contributed by atoms with Gasteiger partial charge in [0.15, 0.2) is 5.82 Å². The highest BCUT2D eigenvalue weighted by Gasteiger charge is 2.26. The van der Waals surface area contributed by atoms with Gasteiger partial charge in [0.2, 0.25) is 0 Å². The summed E-state index contributed by atoms with van der Waals surface area (Å²) in [5.41, 5.74) is 7.03. The van der Waals surface area contributed by atoms with Crippen LogP contribution in [0.4, 0.5) is 10.1 Å². The first kappa shape index (κ1) is 15.4. The SMILES string of the molecule is CC(N(C)c1ccc(CN)c(Br)c1F)C(C)(C)C. The molecule has 1 aromatic carbocycles. The van der Waals surface area contributed by atoms with Crippen molar-refractivity contribution < 1.29 is 4.39 Å². The Morgan fingerprint density at radius 3 is 2.39 bits per heavy atom. The molecule has 1 aromatic rings. The van der Waals surface area contributed by atoms with E-state index in [1.54, 1.807) is 6.07 Å². The molecule has 2 nitrogen and oxygen atoms in total. The van der Waals surface area contributed by atoms with Crippen LogP contribution in [-0.4, -0.2) is 13.1 Å². The molecule has 0 saturated heterocycles. The van der Waals surface area contributed by atoms with Crippen LogP contribution in [0.25, 0.3) is 0 Å². The molecule has 0 bridgehead atoms. The normalized spacial score (nSPS) is 13.6. The lowest BCUT2D eigenvalue weighted by Crippen LogP contribution is -2.39. The lowest BCUT2D eigenvalue weighted by Gasteiger charge is -2.37. The predicted molar refractivity (Wildman–Crippen MR) is 79.3 cm³/mol. The number of nitrogens with zero attached hydrogens (tertiary/aromatic N) is 1. The topological polar surface area (TPSA) is 29.3 Å². The third-order valence-electron chi connectivity index (χ3n) is 3.58. The van der Waals surface area contributed by atoms with E-state index in [4.69, 9.17) is 5.73 Å². The number of rotatable bonds is 3. The van der Waals surface area contributed by atoms with Crippen LogP contribution in [0.2, 0.25) is 0 Å². The van der Waals surface area contributed by atoms with Gasteiger partial charge in [-0.05, 0) is 39.9 Å². The van der Waals surface area contributed by atoms with Crippen molar-refractivity contribution in [3.63, 3.8) is 0 Å². The zero-order chi connectivity index (χ0) is 14.1. The average Bonchev–Trinajstić information content (AvgIpc) is 2.29. The van der Waals surface area contributed by atoms with Crippen molar-refractivity contribution in [3.8, 4) is 0 Å². The fourth-order valence-corrected chi connectivity index (χ4v) is 2.30. The van der Waals surface area contributed by atoms with Gasteiger partial charge in [-0.1, -0.05) is 26.8 Å². The van der Waals surface area contributed by atoms with Gasteiger partial charge in [-0.2, -0.15) is 0 Å². The minimum atomic E-state index is -0.239. The summed E-state index contributed by atoms with van der Waals surface area (Å²) in [6.45, 7) is 8.88. The maximum Gasteiger partial charge on any atom is 0.160 e. The molecular formula is C14H22BrFN2. The van der Waals surface area contributed by atoms with Crippen LogP contribution < -0.4 is 10.6 Å². The quantitative estimate of drug-likeness (QED) is 0.915. The Balaban J connectivity index is 3.15. The minimum absolute atomic E-state index is 0.0835. The van der Waals surface area contributed by atoms with Crippen molar-refractivity contribution >= 4 is 21.6 Å². The fourth-order valence-electron chi connectivity index (χ4n) is 1.80. The van der Waals surface area contributed by atoms with E-state index in [9.17, 15) is 4.39 Å². The summed E-state index contributed by atoms with van der Waals surface area (Å²) in [4.78, 5) is 1.97. The van der Waals surface area contributed by atoms with Crippen LogP contribution in [0, 0.1) is 11.2 Å². The summed E-state index contributed by atoms with van der Waals surface area (Å²) in [6.07, 6.45) is 0. The predicted octanol–water partition coefficient (Wildman–Crippen LogP) is 3.92. The zero-order valence-corrected chi connectivity index (χ0v) is 13.3. The smallest absolute Gasteiger partial charge is 0.160 e. The third-order valence-corrected chi connectivity index (χ3v) is 4.43. The molecule has 0 aromatic heterocycles. The van der Waals surface area contributed by atoms with Crippen LogP contribution >= 0.6 is 15.9 Å². The van der Waals surface area contributed by atoms with E-state index in [0.717, 1.165) is 5.56 Å². The summed E-state index contributed by atoms with van der Waals surface area (Å²) >= 11 is 3.28. The lowest BCUT2D eigenvalue weighted by atomic mass is 9.87. The highest BCUT2D eigenvalue weighted by molar-refractivity contribution is 9.10. The number of hydrogen-bond donors (Lipinski definition) is 1. The Kier molecular flexibility index (Phi) is 4.78. The molecule has 0 aliphatic heterocycles. The van der Waals surface area contributed by atoms with Crippen LogP contribution in [0.5, 0.6) is 0 Å². The van der Waals surface area contributed by atoms with E-state index in [1.165, 1.54) is 0 Å². The first-order valence-corrected chi connectivity index (χ1v) is 6.89. The maximum atomic E-state index is 14.3. The van der Waals surface area contributed by atoms with Crippen LogP contribution in [0.1, 0.15) is 33.3 Å². The number of halogens is 2. The van der Waals surface area contributed by atoms with Gasteiger partial charge < -0.3 is 10.6 Å². The first-order chi connectivity index (χ1) is 8.20. The standard InChI is InChI=1S/C14H22BrFN2/c1-9(14(2,3)4)18(5)11-7-6-10(8-17)12(15)13(11)16/h6-7,9H,8,17H2,1-5H3. The Morgan fingerprint density at radius 1 is 1.39 bits per heavy atom. The molecular weight excluding hydrogens is 295 g/mol. The summed E-state index contributed by atoms with van der Waals surface area (Å²) < 4.78 is 14.8. The van der Waals surface area contributed by atoms with Crippen molar-refractivity contribution in [2.75, 3.05) is 11.9 Å². The molecule has 0 radical (unpaired) electrons. The molecule has 0 spiro atoms. The minimum Gasteiger partial charge on any atom is -0.369 e. The zero-order valence-electron chi connectivity index (χ0n) is 11.7. The number of nitrogens with two attached hydrogens (primary N) is 1. The molecule has 1 atom stereocenters. The lowest BCUT2D eigenvalue weighted by molar-refractivity contribution is 0.328. The van der Waals surface area contributed by atoms with Crippen molar-refractivity contribution in [2.24, 2.45) is 11.1 Å². The summed E-state index contributed by atoms with van der Waals surface area (Å²) in [6, 6.07) is 3.89. The molecule has 1 unspecified atom stereocenters. The fraction of sp³-hybridized carbons (Fsp3) is 0.571. The Morgan fingerprint density at radius 2 is 1.94 bits per heavy atom. The molecule has 102 valence electrons. The molecule has 4 heteroatoms. The van der Waals surface area contributed by atoms with Crippen LogP contribution in [-0.2, 0) is 6.54 Å². The second-order valence-corrected chi connectivity index (χ2v) is 6.52. The van der Waals surface area contributed by atoms with Crippen molar-refractivity contribution in [3.05, 3.63) is 28.0 Å². The number of benzene rings is 1. The van der Waals surface area contributed by atoms with Crippen molar-refractivity contribution in [1.82, 2.24) is 0 Å². The third kappa shape index (κ3) is 3.04. The maximum absolute atomic E-state index is 14.3. The molecule has 0 aliphatic carbocycles. The summed E-state index contributed by atoms with van der Waals surface area (Å²) in [7, 11) is 1.92. The van der Waals surface area contributed by atoms with Gasteiger partial charge >= 0.3 is 0 Å². The second kappa shape index (κ2) is 5.57. The summed E-state index contributed by atoms with van der Waals surface area (Å²) in [5, 5.41) is 0. The molecule has 18 heavy (non-hydrogen) atoms. The highest BCUT2D eigenvalue weighted by Crippen LogP contribution is 2.33. The Hall–Kier alpha value is -0.610. The largest absolute Gasteiger partial charge is 0.369 e. The average molecular weight is 317 g/mol. The second-order valence-electron chi connectivity index (χ2n) is 5.73. The monoisotopic (exact) mass is 316 g/mol. The molecule has 0 fully saturated rings.